The molecule has 1 N–H and O–H groups in total. The molecular formula is C18H27NO2. The highest BCUT2D eigenvalue weighted by Crippen LogP contribution is 2.37. The van der Waals surface area contributed by atoms with Gasteiger partial charge in [-0.15, -0.1) is 0 Å². The van der Waals surface area contributed by atoms with E-state index < -0.39 is 0 Å². The van der Waals surface area contributed by atoms with Crippen LogP contribution >= 0.6 is 0 Å². The Morgan fingerprint density at radius 3 is 2.48 bits per heavy atom. The molecule has 3 heteroatoms. The Morgan fingerprint density at radius 1 is 1.19 bits per heavy atom. The van der Waals surface area contributed by atoms with Crippen molar-refractivity contribution in [1.82, 2.24) is 5.32 Å². The number of hydrogen-bond acceptors (Lipinski definition) is 2. The highest BCUT2D eigenvalue weighted by molar-refractivity contribution is 5.67. The number of hydrogen-bond donors (Lipinski definition) is 1. The van der Waals surface area contributed by atoms with Crippen molar-refractivity contribution in [3.05, 3.63) is 35.9 Å². The number of carbonyl (C=O) groups excluding carboxylic acids is 1. The summed E-state index contributed by atoms with van der Waals surface area (Å²) in [5.74, 6) is 0.373. The molecule has 0 aliphatic heterocycles. The normalized spacial score (nSPS) is 17.5. The maximum absolute atomic E-state index is 12.1. The standard InChI is InChI=1S/C18H27NO2/c1-15(2)18(12-7-4-8-13-18)21-17(20)19-14-11-16-9-5-3-6-10-16/h3,5-6,9-10,15H,4,7-8,11-14H2,1-2H3,(H,19,20). The summed E-state index contributed by atoms with van der Waals surface area (Å²) in [6.45, 7) is 4.93. The molecule has 1 aromatic rings. The highest BCUT2D eigenvalue weighted by atomic mass is 16.6. The summed E-state index contributed by atoms with van der Waals surface area (Å²) < 4.78 is 5.83. The van der Waals surface area contributed by atoms with Crippen LogP contribution in [0.2, 0.25) is 0 Å². The predicted molar refractivity (Wildman–Crippen MR) is 85.3 cm³/mol. The van der Waals surface area contributed by atoms with Gasteiger partial charge in [0.05, 0.1) is 0 Å². The lowest BCUT2D eigenvalue weighted by molar-refractivity contribution is -0.0503. The van der Waals surface area contributed by atoms with Crippen molar-refractivity contribution in [2.75, 3.05) is 6.54 Å². The molecule has 0 radical (unpaired) electrons. The molecule has 0 unspecified atom stereocenters. The van der Waals surface area contributed by atoms with E-state index in [2.05, 4.69) is 31.3 Å². The molecule has 0 bridgehead atoms. The van der Waals surface area contributed by atoms with E-state index in [9.17, 15) is 4.79 Å². The zero-order valence-electron chi connectivity index (χ0n) is 13.2. The van der Waals surface area contributed by atoms with Gasteiger partial charge in [-0.25, -0.2) is 4.79 Å². The molecule has 0 saturated heterocycles. The van der Waals surface area contributed by atoms with Gasteiger partial charge in [0.2, 0.25) is 0 Å². The molecule has 2 rings (SSSR count). The van der Waals surface area contributed by atoms with E-state index in [0.29, 0.717) is 12.5 Å². The van der Waals surface area contributed by atoms with Crippen molar-refractivity contribution < 1.29 is 9.53 Å². The molecule has 3 nitrogen and oxygen atoms in total. The molecule has 1 amide bonds. The van der Waals surface area contributed by atoms with Gasteiger partial charge in [0, 0.05) is 6.54 Å². The van der Waals surface area contributed by atoms with Crippen LogP contribution in [0.3, 0.4) is 0 Å². The number of alkyl carbamates (subject to hydrolysis) is 1. The first-order valence-electron chi connectivity index (χ1n) is 8.13. The van der Waals surface area contributed by atoms with Gasteiger partial charge >= 0.3 is 6.09 Å². The summed E-state index contributed by atoms with van der Waals surface area (Å²) in [7, 11) is 0. The molecule has 0 atom stereocenters. The molecule has 21 heavy (non-hydrogen) atoms. The Bertz CT molecular complexity index is 436. The lowest BCUT2D eigenvalue weighted by Crippen LogP contribution is -2.45. The summed E-state index contributed by atoms with van der Waals surface area (Å²) in [6, 6.07) is 10.2. The first kappa shape index (κ1) is 15.9. The summed E-state index contributed by atoms with van der Waals surface area (Å²) in [6.07, 6.45) is 6.15. The third-order valence-corrected chi connectivity index (χ3v) is 4.57. The van der Waals surface area contributed by atoms with Crippen LogP contribution < -0.4 is 5.32 Å². The second kappa shape index (κ2) is 7.48. The van der Waals surface area contributed by atoms with E-state index in [4.69, 9.17) is 4.74 Å². The van der Waals surface area contributed by atoms with E-state index in [-0.39, 0.29) is 11.7 Å². The zero-order chi connectivity index (χ0) is 15.1. The lowest BCUT2D eigenvalue weighted by Gasteiger charge is -2.40. The Morgan fingerprint density at radius 2 is 1.86 bits per heavy atom. The Kier molecular flexibility index (Phi) is 5.66. The SMILES string of the molecule is CC(C)C1(OC(=O)NCCc2ccccc2)CCCCC1. The van der Waals surface area contributed by atoms with Crippen molar-refractivity contribution in [2.45, 2.75) is 58.0 Å². The first-order chi connectivity index (χ1) is 10.1. The van der Waals surface area contributed by atoms with Crippen molar-refractivity contribution in [3.8, 4) is 0 Å². The van der Waals surface area contributed by atoms with Crippen LogP contribution in [0.25, 0.3) is 0 Å². The highest BCUT2D eigenvalue weighted by Gasteiger charge is 2.38. The van der Waals surface area contributed by atoms with Gasteiger partial charge in [0.15, 0.2) is 0 Å². The number of nitrogens with one attached hydrogen (secondary N) is 1. The molecule has 0 heterocycles. The Hall–Kier alpha value is -1.51. The third-order valence-electron chi connectivity index (χ3n) is 4.57. The topological polar surface area (TPSA) is 38.3 Å². The third kappa shape index (κ3) is 4.48. The van der Waals surface area contributed by atoms with Gasteiger partial charge in [-0.05, 0) is 43.6 Å². The minimum absolute atomic E-state index is 0.255. The molecule has 1 aliphatic rings. The smallest absolute Gasteiger partial charge is 0.407 e. The summed E-state index contributed by atoms with van der Waals surface area (Å²) in [5, 5.41) is 2.90. The number of ether oxygens (including phenoxy) is 1. The minimum Gasteiger partial charge on any atom is -0.443 e. The van der Waals surface area contributed by atoms with Gasteiger partial charge < -0.3 is 10.1 Å². The fraction of sp³-hybridized carbons (Fsp3) is 0.611. The van der Waals surface area contributed by atoms with Crippen LogP contribution in [-0.4, -0.2) is 18.2 Å². The van der Waals surface area contributed by atoms with Crippen LogP contribution in [-0.2, 0) is 11.2 Å². The largest absolute Gasteiger partial charge is 0.443 e. The van der Waals surface area contributed by atoms with Gasteiger partial charge in [0.1, 0.15) is 5.60 Å². The lowest BCUT2D eigenvalue weighted by atomic mass is 9.77. The van der Waals surface area contributed by atoms with Crippen LogP contribution in [0, 0.1) is 5.92 Å². The quantitative estimate of drug-likeness (QED) is 0.877. The van der Waals surface area contributed by atoms with Crippen LogP contribution in [0.1, 0.15) is 51.5 Å². The maximum atomic E-state index is 12.1. The van der Waals surface area contributed by atoms with Gasteiger partial charge in [-0.2, -0.15) is 0 Å². The van der Waals surface area contributed by atoms with E-state index in [1.54, 1.807) is 0 Å². The monoisotopic (exact) mass is 289 g/mol. The fourth-order valence-electron chi connectivity index (χ4n) is 3.12. The zero-order valence-corrected chi connectivity index (χ0v) is 13.2. The van der Waals surface area contributed by atoms with Crippen LogP contribution in [0.15, 0.2) is 30.3 Å². The summed E-state index contributed by atoms with van der Waals surface area (Å²) in [5.41, 5.74) is 0.976. The van der Waals surface area contributed by atoms with Gasteiger partial charge in [-0.1, -0.05) is 50.6 Å². The molecule has 1 aliphatic carbocycles. The van der Waals surface area contributed by atoms with E-state index in [0.717, 1.165) is 32.1 Å². The van der Waals surface area contributed by atoms with Gasteiger partial charge in [-0.3, -0.25) is 0 Å². The van der Waals surface area contributed by atoms with E-state index in [1.165, 1.54) is 12.0 Å². The van der Waals surface area contributed by atoms with Crippen molar-refractivity contribution in [3.63, 3.8) is 0 Å². The van der Waals surface area contributed by atoms with Gasteiger partial charge in [0.25, 0.3) is 0 Å². The molecule has 0 spiro atoms. The average Bonchev–Trinajstić information content (AvgIpc) is 2.49. The summed E-state index contributed by atoms with van der Waals surface area (Å²) >= 11 is 0. The van der Waals surface area contributed by atoms with E-state index >= 15 is 0 Å². The predicted octanol–water partition coefficient (Wildman–Crippen LogP) is 4.31. The molecule has 0 aromatic heterocycles. The molecule has 116 valence electrons. The first-order valence-corrected chi connectivity index (χ1v) is 8.13. The molecule has 1 fully saturated rings. The average molecular weight is 289 g/mol. The Balaban J connectivity index is 1.80. The second-order valence-corrected chi connectivity index (χ2v) is 6.33. The molecular weight excluding hydrogens is 262 g/mol. The summed E-state index contributed by atoms with van der Waals surface area (Å²) in [4.78, 5) is 12.1. The number of benzene rings is 1. The number of carbonyl (C=O) groups is 1. The maximum Gasteiger partial charge on any atom is 0.407 e. The minimum atomic E-state index is -0.262. The van der Waals surface area contributed by atoms with Crippen molar-refractivity contribution >= 4 is 6.09 Å². The van der Waals surface area contributed by atoms with Crippen LogP contribution in [0.5, 0.6) is 0 Å². The van der Waals surface area contributed by atoms with Crippen molar-refractivity contribution in [2.24, 2.45) is 5.92 Å². The number of amides is 1. The Labute approximate surface area is 128 Å². The van der Waals surface area contributed by atoms with E-state index in [1.807, 2.05) is 18.2 Å². The molecule has 1 aromatic carbocycles. The fourth-order valence-corrected chi connectivity index (χ4v) is 3.12. The second-order valence-electron chi connectivity index (χ2n) is 6.33. The van der Waals surface area contributed by atoms with Crippen molar-refractivity contribution in [1.29, 1.82) is 0 Å². The number of rotatable bonds is 5. The van der Waals surface area contributed by atoms with Crippen LogP contribution in [0.4, 0.5) is 4.79 Å². The molecule has 1 saturated carbocycles.